The first-order valence-electron chi connectivity index (χ1n) is 6.69. The fourth-order valence-corrected chi connectivity index (χ4v) is 4.11. The average molecular weight is 295 g/mol. The van der Waals surface area contributed by atoms with Crippen molar-refractivity contribution in [2.24, 2.45) is 5.41 Å². The molecule has 94 valence electrons. The molecule has 17 heavy (non-hydrogen) atoms. The molecule has 1 aliphatic rings. The van der Waals surface area contributed by atoms with E-state index in [0.29, 0.717) is 5.41 Å². The minimum Gasteiger partial charge on any atom is -0.0922 e. The molecule has 0 saturated heterocycles. The molecule has 2 rings (SSSR count). The van der Waals surface area contributed by atoms with Crippen molar-refractivity contribution in [3.8, 4) is 0 Å². The van der Waals surface area contributed by atoms with E-state index in [4.69, 9.17) is 0 Å². The van der Waals surface area contributed by atoms with Gasteiger partial charge in [0.1, 0.15) is 0 Å². The quantitative estimate of drug-likeness (QED) is 0.680. The van der Waals surface area contributed by atoms with Gasteiger partial charge in [-0.2, -0.15) is 0 Å². The van der Waals surface area contributed by atoms with Gasteiger partial charge in [-0.3, -0.25) is 0 Å². The molecule has 0 atom stereocenters. The van der Waals surface area contributed by atoms with Crippen molar-refractivity contribution in [3.05, 3.63) is 34.4 Å². The molecule has 0 aromatic heterocycles. The Morgan fingerprint density at radius 2 is 1.59 bits per heavy atom. The number of aryl methyl sites for hydroxylation is 3. The van der Waals surface area contributed by atoms with Crippen LogP contribution in [0.5, 0.6) is 0 Å². The summed E-state index contributed by atoms with van der Waals surface area (Å²) in [5, 5.41) is 1.16. The van der Waals surface area contributed by atoms with Gasteiger partial charge in [-0.1, -0.05) is 46.5 Å². The number of benzene rings is 1. The van der Waals surface area contributed by atoms with Gasteiger partial charge in [0.2, 0.25) is 0 Å². The lowest BCUT2D eigenvalue weighted by molar-refractivity contribution is 0.345. The lowest BCUT2D eigenvalue weighted by Crippen LogP contribution is -2.22. The standard InChI is InChI=1S/C16H23Br/c1-12-8-13(2)15(14(3)9-12)10-16(11-17)6-4-5-7-16/h8-9H,4-7,10-11H2,1-3H3. The molecule has 0 aliphatic heterocycles. The van der Waals surface area contributed by atoms with Gasteiger partial charge in [-0.25, -0.2) is 0 Å². The third-order valence-electron chi connectivity index (χ3n) is 4.34. The van der Waals surface area contributed by atoms with Crippen molar-refractivity contribution in [3.63, 3.8) is 0 Å². The second kappa shape index (κ2) is 5.14. The van der Waals surface area contributed by atoms with Gasteiger partial charge in [0, 0.05) is 5.33 Å². The second-order valence-corrected chi connectivity index (χ2v) is 6.46. The predicted octanol–water partition coefficient (Wildman–Crippen LogP) is 5.11. The Labute approximate surface area is 114 Å². The van der Waals surface area contributed by atoms with E-state index in [1.165, 1.54) is 48.8 Å². The molecule has 1 heteroatoms. The summed E-state index contributed by atoms with van der Waals surface area (Å²) in [5.74, 6) is 0. The molecule has 0 spiro atoms. The average Bonchev–Trinajstić information content (AvgIpc) is 2.73. The molecule has 1 aromatic rings. The van der Waals surface area contributed by atoms with Crippen LogP contribution in [0, 0.1) is 26.2 Å². The van der Waals surface area contributed by atoms with Crippen LogP contribution in [-0.4, -0.2) is 5.33 Å². The van der Waals surface area contributed by atoms with Crippen LogP contribution < -0.4 is 0 Å². The smallest absolute Gasteiger partial charge is 0.00911 e. The maximum atomic E-state index is 3.75. The van der Waals surface area contributed by atoms with E-state index >= 15 is 0 Å². The molecule has 1 fully saturated rings. The van der Waals surface area contributed by atoms with E-state index < -0.39 is 0 Å². The van der Waals surface area contributed by atoms with Crippen molar-refractivity contribution in [1.82, 2.24) is 0 Å². The van der Waals surface area contributed by atoms with Crippen molar-refractivity contribution < 1.29 is 0 Å². The number of rotatable bonds is 3. The summed E-state index contributed by atoms with van der Waals surface area (Å²) < 4.78 is 0. The van der Waals surface area contributed by atoms with Gasteiger partial charge >= 0.3 is 0 Å². The number of hydrogen-bond acceptors (Lipinski definition) is 0. The molecule has 1 aromatic carbocycles. The lowest BCUT2D eigenvalue weighted by atomic mass is 9.79. The second-order valence-electron chi connectivity index (χ2n) is 5.89. The molecule has 0 bridgehead atoms. The Morgan fingerprint density at radius 3 is 2.06 bits per heavy atom. The van der Waals surface area contributed by atoms with Crippen molar-refractivity contribution >= 4 is 15.9 Å². The highest BCUT2D eigenvalue weighted by atomic mass is 79.9. The summed E-state index contributed by atoms with van der Waals surface area (Å²) in [5.41, 5.74) is 6.48. The molecule has 0 amide bonds. The Hall–Kier alpha value is -0.300. The van der Waals surface area contributed by atoms with Gasteiger partial charge < -0.3 is 0 Å². The molecule has 1 saturated carbocycles. The van der Waals surface area contributed by atoms with E-state index in [9.17, 15) is 0 Å². The molecule has 0 N–H and O–H groups in total. The highest BCUT2D eigenvalue weighted by molar-refractivity contribution is 9.09. The fourth-order valence-electron chi connectivity index (χ4n) is 3.35. The summed E-state index contributed by atoms with van der Waals surface area (Å²) in [6.07, 6.45) is 6.87. The topological polar surface area (TPSA) is 0 Å². The van der Waals surface area contributed by atoms with E-state index in [2.05, 4.69) is 48.8 Å². The van der Waals surface area contributed by atoms with Crippen LogP contribution in [0.3, 0.4) is 0 Å². The van der Waals surface area contributed by atoms with Crippen molar-refractivity contribution in [2.75, 3.05) is 5.33 Å². The maximum absolute atomic E-state index is 3.75. The normalized spacial score (nSPS) is 18.6. The van der Waals surface area contributed by atoms with E-state index in [-0.39, 0.29) is 0 Å². The van der Waals surface area contributed by atoms with Gasteiger partial charge in [-0.05, 0) is 62.1 Å². The van der Waals surface area contributed by atoms with E-state index in [1.54, 1.807) is 5.56 Å². The van der Waals surface area contributed by atoms with Crippen LogP contribution in [0.2, 0.25) is 0 Å². The van der Waals surface area contributed by atoms with Gasteiger partial charge in [0.15, 0.2) is 0 Å². The Bertz CT molecular complexity index is 377. The number of alkyl halides is 1. The summed E-state index contributed by atoms with van der Waals surface area (Å²) in [7, 11) is 0. The van der Waals surface area contributed by atoms with Crippen LogP contribution in [0.15, 0.2) is 12.1 Å². The lowest BCUT2D eigenvalue weighted by Gasteiger charge is -2.28. The van der Waals surface area contributed by atoms with Crippen molar-refractivity contribution in [2.45, 2.75) is 52.9 Å². The first-order valence-corrected chi connectivity index (χ1v) is 7.81. The zero-order valence-electron chi connectivity index (χ0n) is 11.3. The Kier molecular flexibility index (Phi) is 3.97. The largest absolute Gasteiger partial charge is 0.0922 e. The maximum Gasteiger partial charge on any atom is 0.00911 e. The van der Waals surface area contributed by atoms with E-state index in [1.807, 2.05) is 0 Å². The van der Waals surface area contributed by atoms with Crippen LogP contribution in [0.4, 0.5) is 0 Å². The molecule has 0 unspecified atom stereocenters. The molecule has 0 radical (unpaired) electrons. The highest BCUT2D eigenvalue weighted by Gasteiger charge is 2.33. The molecular formula is C16H23Br. The highest BCUT2D eigenvalue weighted by Crippen LogP contribution is 2.43. The molecule has 1 aliphatic carbocycles. The van der Waals surface area contributed by atoms with Gasteiger partial charge in [0.25, 0.3) is 0 Å². The van der Waals surface area contributed by atoms with Crippen LogP contribution >= 0.6 is 15.9 Å². The summed E-state index contributed by atoms with van der Waals surface area (Å²) >= 11 is 3.75. The van der Waals surface area contributed by atoms with Crippen LogP contribution in [-0.2, 0) is 6.42 Å². The SMILES string of the molecule is Cc1cc(C)c(CC2(CBr)CCCC2)c(C)c1. The zero-order chi connectivity index (χ0) is 12.5. The van der Waals surface area contributed by atoms with Crippen LogP contribution in [0.25, 0.3) is 0 Å². The van der Waals surface area contributed by atoms with Crippen LogP contribution in [0.1, 0.15) is 47.9 Å². The van der Waals surface area contributed by atoms with Gasteiger partial charge in [-0.15, -0.1) is 0 Å². The molecule has 0 heterocycles. The molecular weight excluding hydrogens is 272 g/mol. The third-order valence-corrected chi connectivity index (χ3v) is 5.53. The van der Waals surface area contributed by atoms with E-state index in [0.717, 1.165) is 5.33 Å². The van der Waals surface area contributed by atoms with Crippen molar-refractivity contribution in [1.29, 1.82) is 0 Å². The monoisotopic (exact) mass is 294 g/mol. The van der Waals surface area contributed by atoms with Gasteiger partial charge in [0.05, 0.1) is 0 Å². The minimum atomic E-state index is 0.533. The molecule has 0 nitrogen and oxygen atoms in total. The fraction of sp³-hybridized carbons (Fsp3) is 0.625. The number of halogens is 1. The predicted molar refractivity (Wildman–Crippen MR) is 79.1 cm³/mol. The Balaban J connectivity index is 2.29. The first-order chi connectivity index (χ1) is 8.06. The number of hydrogen-bond donors (Lipinski definition) is 0. The summed E-state index contributed by atoms with van der Waals surface area (Å²) in [6.45, 7) is 6.73. The Morgan fingerprint density at radius 1 is 1.06 bits per heavy atom. The summed E-state index contributed by atoms with van der Waals surface area (Å²) in [6, 6.07) is 4.67. The third kappa shape index (κ3) is 2.76. The zero-order valence-corrected chi connectivity index (χ0v) is 12.9. The summed E-state index contributed by atoms with van der Waals surface area (Å²) in [4.78, 5) is 0. The minimum absolute atomic E-state index is 0.533. The first kappa shape index (κ1) is 13.1.